The van der Waals surface area contributed by atoms with Crippen LogP contribution in [0.15, 0.2) is 30.3 Å². The first-order chi connectivity index (χ1) is 10.8. The van der Waals surface area contributed by atoms with Crippen LogP contribution in [0.4, 0.5) is 4.39 Å². The van der Waals surface area contributed by atoms with E-state index < -0.39 is 0 Å². The lowest BCUT2D eigenvalue weighted by Crippen LogP contribution is -2.04. The van der Waals surface area contributed by atoms with Crippen molar-refractivity contribution in [3.8, 4) is 5.75 Å². The molecule has 2 aromatic carbocycles. The number of hydrogen-bond donors (Lipinski definition) is 0. The normalized spacial score (nSPS) is 12.5. The molecule has 2 rings (SSSR count). The highest BCUT2D eigenvalue weighted by Gasteiger charge is 2.18. The van der Waals surface area contributed by atoms with Crippen LogP contribution in [0.25, 0.3) is 0 Å². The van der Waals surface area contributed by atoms with Crippen LogP contribution in [0, 0.1) is 5.82 Å². The smallest absolute Gasteiger partial charge is 0.128 e. The molecule has 4 heteroatoms. The average molecular weight is 355 g/mol. The van der Waals surface area contributed by atoms with Crippen LogP contribution in [-0.4, -0.2) is 7.11 Å². The fourth-order valence-electron chi connectivity index (χ4n) is 2.77. The summed E-state index contributed by atoms with van der Waals surface area (Å²) in [7, 11) is 1.63. The Labute approximate surface area is 147 Å². The van der Waals surface area contributed by atoms with Crippen molar-refractivity contribution in [1.29, 1.82) is 0 Å². The van der Waals surface area contributed by atoms with Crippen LogP contribution >= 0.6 is 23.2 Å². The molecule has 0 aromatic heterocycles. The third-order valence-corrected chi connectivity index (χ3v) is 4.83. The Hall–Kier alpha value is -1.25. The van der Waals surface area contributed by atoms with Gasteiger partial charge in [-0.3, -0.25) is 0 Å². The molecule has 1 atom stereocenters. The summed E-state index contributed by atoms with van der Waals surface area (Å²) in [4.78, 5) is 0. The summed E-state index contributed by atoms with van der Waals surface area (Å²) in [5.41, 5.74) is 2.51. The van der Waals surface area contributed by atoms with E-state index >= 15 is 0 Å². The lowest BCUT2D eigenvalue weighted by atomic mass is 9.91. The lowest BCUT2D eigenvalue weighted by molar-refractivity contribution is 0.414. The lowest BCUT2D eigenvalue weighted by Gasteiger charge is -2.18. The molecule has 1 nitrogen and oxygen atoms in total. The minimum Gasteiger partial charge on any atom is -0.497 e. The van der Waals surface area contributed by atoms with Crippen molar-refractivity contribution in [3.63, 3.8) is 0 Å². The second kappa shape index (κ2) is 7.55. The molecule has 0 spiro atoms. The summed E-state index contributed by atoms with van der Waals surface area (Å²) in [5, 5.41) is 1.21. The molecule has 0 N–H and O–H groups in total. The van der Waals surface area contributed by atoms with E-state index in [1.807, 2.05) is 32.0 Å². The summed E-state index contributed by atoms with van der Waals surface area (Å²) >= 11 is 12.8. The summed E-state index contributed by atoms with van der Waals surface area (Å²) in [6.07, 6.45) is 0.686. The summed E-state index contributed by atoms with van der Waals surface area (Å²) in [5.74, 6) is 0.698. The van der Waals surface area contributed by atoms with Crippen LogP contribution in [0.1, 0.15) is 49.3 Å². The van der Waals surface area contributed by atoms with Gasteiger partial charge in [0.05, 0.1) is 12.1 Å². The van der Waals surface area contributed by atoms with Gasteiger partial charge in [-0.25, -0.2) is 4.39 Å². The topological polar surface area (TPSA) is 9.23 Å². The van der Waals surface area contributed by atoms with Gasteiger partial charge in [-0.1, -0.05) is 50.0 Å². The molecule has 0 aliphatic rings. The van der Waals surface area contributed by atoms with E-state index in [1.165, 1.54) is 6.07 Å². The predicted molar refractivity (Wildman–Crippen MR) is 95.6 cm³/mol. The van der Waals surface area contributed by atoms with Gasteiger partial charge in [0.1, 0.15) is 11.6 Å². The highest BCUT2D eigenvalue weighted by atomic mass is 35.5. The molecule has 23 heavy (non-hydrogen) atoms. The fraction of sp³-hybridized carbons (Fsp3) is 0.368. The maximum absolute atomic E-state index is 14.0. The van der Waals surface area contributed by atoms with Crippen molar-refractivity contribution < 1.29 is 9.13 Å². The average Bonchev–Trinajstić information content (AvgIpc) is 2.50. The molecular formula is C19H21Cl2FO. The van der Waals surface area contributed by atoms with Crippen molar-refractivity contribution in [2.75, 3.05) is 7.11 Å². The molecule has 0 bridgehead atoms. The third kappa shape index (κ3) is 3.99. The molecule has 0 aliphatic heterocycles. The minimum atomic E-state index is -0.249. The Morgan fingerprint density at radius 3 is 2.39 bits per heavy atom. The Balaban J connectivity index is 2.34. The first-order valence-electron chi connectivity index (χ1n) is 7.65. The fourth-order valence-corrected chi connectivity index (χ4v) is 3.52. The Morgan fingerprint density at radius 2 is 1.78 bits per heavy atom. The van der Waals surface area contributed by atoms with Crippen molar-refractivity contribution in [2.45, 2.75) is 39.0 Å². The molecule has 0 aliphatic carbocycles. The van der Waals surface area contributed by atoms with Gasteiger partial charge in [-0.2, -0.15) is 0 Å². The van der Waals surface area contributed by atoms with Gasteiger partial charge in [0.2, 0.25) is 0 Å². The van der Waals surface area contributed by atoms with Gasteiger partial charge in [-0.15, -0.1) is 0 Å². The van der Waals surface area contributed by atoms with Crippen molar-refractivity contribution in [2.24, 2.45) is 0 Å². The quantitative estimate of drug-likeness (QED) is 0.586. The summed E-state index contributed by atoms with van der Waals surface area (Å²) < 4.78 is 19.2. The summed E-state index contributed by atoms with van der Waals surface area (Å²) in [6.45, 7) is 5.96. The first kappa shape index (κ1) is 18.1. The number of methoxy groups -OCH3 is 1. The first-order valence-corrected chi connectivity index (χ1v) is 8.41. The number of ether oxygens (including phenoxy) is 1. The Bertz CT molecular complexity index is 698. The zero-order valence-corrected chi connectivity index (χ0v) is 15.3. The third-order valence-electron chi connectivity index (χ3n) is 4.04. The molecule has 0 radical (unpaired) electrons. The van der Waals surface area contributed by atoms with Crippen LogP contribution in [0.5, 0.6) is 5.75 Å². The monoisotopic (exact) mass is 354 g/mol. The highest BCUT2D eigenvalue weighted by Crippen LogP contribution is 2.35. The van der Waals surface area contributed by atoms with Crippen LogP contribution < -0.4 is 4.74 Å². The number of rotatable bonds is 5. The standard InChI is InChI=1S/C19H21Cl2FO/c1-11(2)18-17(22)8-5-13(19(18)21)9-12(3)15-10-14(23-4)6-7-16(15)20/h5-8,10-12H,9H2,1-4H3. The molecule has 2 aromatic rings. The molecule has 0 saturated carbocycles. The number of hydrogen-bond acceptors (Lipinski definition) is 1. The van der Waals surface area contributed by atoms with Gasteiger partial charge >= 0.3 is 0 Å². The van der Waals surface area contributed by atoms with Crippen LogP contribution in [-0.2, 0) is 6.42 Å². The van der Waals surface area contributed by atoms with E-state index in [0.29, 0.717) is 22.0 Å². The van der Waals surface area contributed by atoms with E-state index in [2.05, 4.69) is 6.92 Å². The highest BCUT2D eigenvalue weighted by molar-refractivity contribution is 6.32. The van der Waals surface area contributed by atoms with Gasteiger partial charge in [0.25, 0.3) is 0 Å². The van der Waals surface area contributed by atoms with Gasteiger partial charge < -0.3 is 4.74 Å². The molecule has 0 heterocycles. The SMILES string of the molecule is COc1ccc(Cl)c(C(C)Cc2ccc(F)c(C(C)C)c2Cl)c1. The van der Waals surface area contributed by atoms with Crippen molar-refractivity contribution >= 4 is 23.2 Å². The van der Waals surface area contributed by atoms with Crippen molar-refractivity contribution in [3.05, 3.63) is 62.9 Å². The van der Waals surface area contributed by atoms with E-state index in [0.717, 1.165) is 16.9 Å². The second-order valence-corrected chi connectivity index (χ2v) is 6.87. The molecule has 0 saturated heterocycles. The molecule has 1 unspecified atom stereocenters. The Morgan fingerprint density at radius 1 is 1.09 bits per heavy atom. The van der Waals surface area contributed by atoms with E-state index in [4.69, 9.17) is 27.9 Å². The molecule has 124 valence electrons. The zero-order valence-electron chi connectivity index (χ0n) is 13.8. The molecule has 0 amide bonds. The van der Waals surface area contributed by atoms with E-state index in [9.17, 15) is 4.39 Å². The zero-order chi connectivity index (χ0) is 17.1. The second-order valence-electron chi connectivity index (χ2n) is 6.08. The number of halogens is 3. The largest absolute Gasteiger partial charge is 0.497 e. The summed E-state index contributed by atoms with van der Waals surface area (Å²) in [6, 6.07) is 8.86. The van der Waals surface area contributed by atoms with Gasteiger partial charge in [0, 0.05) is 10.6 Å². The van der Waals surface area contributed by atoms with E-state index in [1.54, 1.807) is 13.2 Å². The van der Waals surface area contributed by atoms with Crippen molar-refractivity contribution in [1.82, 2.24) is 0 Å². The minimum absolute atomic E-state index is 0.0400. The Kier molecular flexibility index (Phi) is 5.94. The van der Waals surface area contributed by atoms with E-state index in [-0.39, 0.29) is 17.7 Å². The van der Waals surface area contributed by atoms with Crippen LogP contribution in [0.3, 0.4) is 0 Å². The molecular weight excluding hydrogens is 334 g/mol. The van der Waals surface area contributed by atoms with Crippen LogP contribution in [0.2, 0.25) is 10.0 Å². The molecule has 0 fully saturated rings. The number of benzene rings is 2. The predicted octanol–water partition coefficient (Wildman–Crippen LogP) is 6.61. The maximum Gasteiger partial charge on any atom is 0.128 e. The maximum atomic E-state index is 14.0. The van der Waals surface area contributed by atoms with Gasteiger partial charge in [-0.05, 0) is 53.6 Å². The van der Waals surface area contributed by atoms with Gasteiger partial charge in [0.15, 0.2) is 0 Å².